The summed E-state index contributed by atoms with van der Waals surface area (Å²) in [6, 6.07) is 0.128. The summed E-state index contributed by atoms with van der Waals surface area (Å²) in [5.41, 5.74) is 7.81. The van der Waals surface area contributed by atoms with Crippen LogP contribution >= 0.6 is 11.3 Å². The lowest BCUT2D eigenvalue weighted by atomic mass is 10.1. The van der Waals surface area contributed by atoms with Gasteiger partial charge in [0.2, 0.25) is 0 Å². The number of hydrogen-bond acceptors (Lipinski definition) is 5. The number of aryl methyl sites for hydroxylation is 1. The van der Waals surface area contributed by atoms with Gasteiger partial charge in [-0.05, 0) is 12.8 Å². The predicted molar refractivity (Wildman–Crippen MR) is 75.9 cm³/mol. The Balaban J connectivity index is 2.24. The Morgan fingerprint density at radius 1 is 1.39 bits per heavy atom. The number of aromatic nitrogens is 3. The average Bonchev–Trinajstić information content (AvgIpc) is 2.92. The number of rotatable bonds is 4. The Morgan fingerprint density at radius 3 is 2.61 bits per heavy atom. The minimum atomic E-state index is 0.128. The summed E-state index contributed by atoms with van der Waals surface area (Å²) >= 11 is 1.63. The first kappa shape index (κ1) is 12.9. The van der Waals surface area contributed by atoms with Gasteiger partial charge in [-0.15, -0.1) is 11.3 Å². The summed E-state index contributed by atoms with van der Waals surface area (Å²) in [5.74, 6) is 1.18. The van der Waals surface area contributed by atoms with Gasteiger partial charge in [0, 0.05) is 18.6 Å². The van der Waals surface area contributed by atoms with Crippen LogP contribution in [0.3, 0.4) is 0 Å². The van der Waals surface area contributed by atoms with E-state index in [-0.39, 0.29) is 6.04 Å². The number of nitrogens with one attached hydrogen (secondary N) is 1. The smallest absolute Gasteiger partial charge is 0.148 e. The molecule has 0 saturated carbocycles. The largest absolute Gasteiger partial charge is 0.394 e. The fourth-order valence-electron chi connectivity index (χ4n) is 1.87. The molecule has 2 aromatic heterocycles. The summed E-state index contributed by atoms with van der Waals surface area (Å²) in [7, 11) is 1.90. The second-order valence-electron chi connectivity index (χ2n) is 4.66. The van der Waals surface area contributed by atoms with Gasteiger partial charge >= 0.3 is 0 Å². The molecule has 1 atom stereocenters. The number of nitrogens with two attached hydrogens (primary N) is 1. The molecule has 0 amide bonds. The third-order valence-corrected chi connectivity index (χ3v) is 3.79. The molecule has 0 aliphatic carbocycles. The number of thiazole rings is 1. The van der Waals surface area contributed by atoms with Crippen molar-refractivity contribution in [2.75, 3.05) is 11.1 Å². The van der Waals surface area contributed by atoms with E-state index in [4.69, 9.17) is 5.73 Å². The predicted octanol–water partition coefficient (Wildman–Crippen LogP) is 2.76. The van der Waals surface area contributed by atoms with E-state index >= 15 is 0 Å². The molecule has 0 aromatic carbocycles. The molecule has 0 saturated heterocycles. The molecular weight excluding hydrogens is 246 g/mol. The molecule has 0 fully saturated rings. The van der Waals surface area contributed by atoms with Crippen LogP contribution in [0, 0.1) is 0 Å². The summed E-state index contributed by atoms with van der Waals surface area (Å²) < 4.78 is 1.80. The van der Waals surface area contributed by atoms with Crippen LogP contribution in [-0.2, 0) is 7.05 Å². The summed E-state index contributed by atoms with van der Waals surface area (Å²) in [5, 5.41) is 10.9. The zero-order valence-corrected chi connectivity index (χ0v) is 12.0. The topological polar surface area (TPSA) is 68.8 Å². The molecule has 0 aliphatic rings. The molecule has 18 heavy (non-hydrogen) atoms. The molecule has 0 radical (unpaired) electrons. The Labute approximate surface area is 111 Å². The van der Waals surface area contributed by atoms with E-state index in [9.17, 15) is 0 Å². The quantitative estimate of drug-likeness (QED) is 0.892. The van der Waals surface area contributed by atoms with E-state index in [2.05, 4.69) is 36.2 Å². The maximum atomic E-state index is 6.14. The monoisotopic (exact) mass is 265 g/mol. The molecular formula is C12H19N5S. The van der Waals surface area contributed by atoms with Gasteiger partial charge in [0.1, 0.15) is 10.8 Å². The fourth-order valence-corrected chi connectivity index (χ4v) is 2.52. The second-order valence-corrected chi connectivity index (χ2v) is 5.59. The zero-order chi connectivity index (χ0) is 13.3. The van der Waals surface area contributed by atoms with Crippen LogP contribution in [0.5, 0.6) is 0 Å². The van der Waals surface area contributed by atoms with Crippen molar-refractivity contribution < 1.29 is 0 Å². The third kappa shape index (κ3) is 2.33. The van der Waals surface area contributed by atoms with Gasteiger partial charge < -0.3 is 11.1 Å². The van der Waals surface area contributed by atoms with E-state index in [1.807, 2.05) is 18.6 Å². The van der Waals surface area contributed by atoms with Crippen LogP contribution in [0.25, 0.3) is 0 Å². The van der Waals surface area contributed by atoms with Crippen molar-refractivity contribution in [3.05, 3.63) is 22.3 Å². The van der Waals surface area contributed by atoms with Crippen molar-refractivity contribution in [2.24, 2.45) is 7.05 Å². The average molecular weight is 265 g/mol. The van der Waals surface area contributed by atoms with E-state index in [1.54, 1.807) is 16.0 Å². The fraction of sp³-hybridized carbons (Fsp3) is 0.500. The lowest BCUT2D eigenvalue weighted by Crippen LogP contribution is -2.11. The van der Waals surface area contributed by atoms with E-state index < -0.39 is 0 Å². The summed E-state index contributed by atoms with van der Waals surface area (Å²) in [4.78, 5) is 4.30. The number of nitrogen functional groups attached to an aromatic ring is 1. The summed E-state index contributed by atoms with van der Waals surface area (Å²) in [6.45, 7) is 6.25. The zero-order valence-electron chi connectivity index (χ0n) is 11.1. The van der Waals surface area contributed by atoms with Gasteiger partial charge in [-0.25, -0.2) is 4.98 Å². The van der Waals surface area contributed by atoms with Crippen LogP contribution < -0.4 is 11.1 Å². The molecule has 2 aromatic rings. The Kier molecular flexibility index (Phi) is 3.56. The Bertz CT molecular complexity index is 515. The molecule has 5 nitrogen and oxygen atoms in total. The minimum Gasteiger partial charge on any atom is -0.394 e. The number of anilines is 2. The minimum absolute atomic E-state index is 0.128. The maximum Gasteiger partial charge on any atom is 0.148 e. The lowest BCUT2D eigenvalue weighted by molar-refractivity contribution is 0.708. The van der Waals surface area contributed by atoms with Gasteiger partial charge in [0.15, 0.2) is 0 Å². The standard InChI is InChI=1S/C12H19N5S/c1-7(2)10-9(13)11(17(4)16-10)15-8(3)12-14-5-6-18-12/h5-8,15H,13H2,1-4H3. The van der Waals surface area contributed by atoms with Gasteiger partial charge in [-0.2, -0.15) is 5.10 Å². The molecule has 3 N–H and O–H groups in total. The highest BCUT2D eigenvalue weighted by Crippen LogP contribution is 2.30. The molecule has 0 bridgehead atoms. The molecule has 2 rings (SSSR count). The van der Waals surface area contributed by atoms with Crippen molar-refractivity contribution in [1.82, 2.24) is 14.8 Å². The highest BCUT2D eigenvalue weighted by Gasteiger charge is 2.18. The number of nitrogens with zero attached hydrogens (tertiary/aromatic N) is 3. The molecule has 2 heterocycles. The first-order valence-electron chi connectivity index (χ1n) is 5.99. The highest BCUT2D eigenvalue weighted by molar-refractivity contribution is 7.09. The maximum absolute atomic E-state index is 6.14. The summed E-state index contributed by atoms with van der Waals surface area (Å²) in [6.07, 6.45) is 1.81. The van der Waals surface area contributed by atoms with Gasteiger partial charge in [-0.3, -0.25) is 4.68 Å². The number of hydrogen-bond donors (Lipinski definition) is 2. The third-order valence-electron chi connectivity index (χ3n) is 2.83. The first-order valence-corrected chi connectivity index (χ1v) is 6.87. The second kappa shape index (κ2) is 4.97. The van der Waals surface area contributed by atoms with Crippen LogP contribution in [0.1, 0.15) is 43.4 Å². The van der Waals surface area contributed by atoms with Crippen molar-refractivity contribution in [3.8, 4) is 0 Å². The van der Waals surface area contributed by atoms with Crippen molar-refractivity contribution in [1.29, 1.82) is 0 Å². The van der Waals surface area contributed by atoms with E-state index in [0.29, 0.717) is 5.92 Å². The van der Waals surface area contributed by atoms with Crippen molar-refractivity contribution >= 4 is 22.8 Å². The van der Waals surface area contributed by atoms with Crippen molar-refractivity contribution in [2.45, 2.75) is 32.7 Å². The lowest BCUT2D eigenvalue weighted by Gasteiger charge is -2.13. The van der Waals surface area contributed by atoms with Crippen LogP contribution in [-0.4, -0.2) is 14.8 Å². The van der Waals surface area contributed by atoms with E-state index in [0.717, 1.165) is 22.2 Å². The molecule has 0 spiro atoms. The molecule has 98 valence electrons. The Hall–Kier alpha value is -1.56. The highest BCUT2D eigenvalue weighted by atomic mass is 32.1. The first-order chi connectivity index (χ1) is 8.50. The van der Waals surface area contributed by atoms with Crippen LogP contribution in [0.15, 0.2) is 11.6 Å². The Morgan fingerprint density at radius 2 is 2.11 bits per heavy atom. The van der Waals surface area contributed by atoms with E-state index in [1.165, 1.54) is 0 Å². The van der Waals surface area contributed by atoms with Crippen LogP contribution in [0.2, 0.25) is 0 Å². The molecule has 0 aliphatic heterocycles. The SMILES string of the molecule is CC(C)c1nn(C)c(NC(C)c2nccs2)c1N. The van der Waals surface area contributed by atoms with Gasteiger partial charge in [0.05, 0.1) is 17.4 Å². The van der Waals surface area contributed by atoms with Gasteiger partial charge in [0.25, 0.3) is 0 Å². The normalized spacial score (nSPS) is 12.9. The van der Waals surface area contributed by atoms with Crippen LogP contribution in [0.4, 0.5) is 11.5 Å². The molecule has 1 unspecified atom stereocenters. The molecule has 6 heteroatoms. The van der Waals surface area contributed by atoms with Crippen molar-refractivity contribution in [3.63, 3.8) is 0 Å². The van der Waals surface area contributed by atoms with Gasteiger partial charge in [-0.1, -0.05) is 13.8 Å².